The van der Waals surface area contributed by atoms with Crippen molar-refractivity contribution in [1.82, 2.24) is 14.3 Å². The van der Waals surface area contributed by atoms with Crippen molar-refractivity contribution < 1.29 is 0 Å². The van der Waals surface area contributed by atoms with Gasteiger partial charge in [0.25, 0.3) is 0 Å². The molecule has 2 heterocycles. The molecular formula is C8H14N4S2. The van der Waals surface area contributed by atoms with E-state index in [1.807, 2.05) is 18.8 Å². The highest BCUT2D eigenvalue weighted by Crippen LogP contribution is 2.27. The Morgan fingerprint density at radius 2 is 2.43 bits per heavy atom. The van der Waals surface area contributed by atoms with E-state index in [0.29, 0.717) is 6.04 Å². The lowest BCUT2D eigenvalue weighted by Crippen LogP contribution is -2.33. The second-order valence-electron chi connectivity index (χ2n) is 3.28. The number of nitrogens with zero attached hydrogens (tertiary/aromatic N) is 3. The lowest BCUT2D eigenvalue weighted by molar-refractivity contribution is 0.266. The summed E-state index contributed by atoms with van der Waals surface area (Å²) in [7, 11) is 4.02. The molecule has 0 aliphatic carbocycles. The van der Waals surface area contributed by atoms with Gasteiger partial charge in [-0.3, -0.25) is 4.90 Å². The molecule has 1 fully saturated rings. The lowest BCUT2D eigenvalue weighted by Gasteiger charge is -2.29. The molecule has 0 spiro atoms. The molecule has 6 heteroatoms. The topological polar surface area (TPSA) is 41.1 Å². The fourth-order valence-electron chi connectivity index (χ4n) is 1.43. The average molecular weight is 230 g/mol. The zero-order chi connectivity index (χ0) is 9.97. The average Bonchev–Trinajstić information content (AvgIpc) is 2.67. The number of aromatic nitrogens is 2. The first-order chi connectivity index (χ1) is 6.81. The van der Waals surface area contributed by atoms with Crippen LogP contribution in [-0.4, -0.2) is 46.4 Å². The zero-order valence-corrected chi connectivity index (χ0v) is 9.99. The van der Waals surface area contributed by atoms with Crippen molar-refractivity contribution in [2.24, 2.45) is 0 Å². The van der Waals surface area contributed by atoms with Crippen molar-refractivity contribution >= 4 is 28.4 Å². The molecular weight excluding hydrogens is 216 g/mol. The summed E-state index contributed by atoms with van der Waals surface area (Å²) in [6.45, 7) is 1.13. The highest BCUT2D eigenvalue weighted by Gasteiger charge is 2.24. The third kappa shape index (κ3) is 2.02. The van der Waals surface area contributed by atoms with Crippen LogP contribution in [-0.2, 0) is 0 Å². The number of rotatable bonds is 2. The molecule has 0 aromatic carbocycles. The Hall–Kier alpha value is -0.330. The molecule has 1 aliphatic heterocycles. The highest BCUT2D eigenvalue weighted by molar-refractivity contribution is 7.99. The minimum Gasteiger partial charge on any atom is -0.363 e. The molecule has 1 atom stereocenters. The van der Waals surface area contributed by atoms with Crippen molar-refractivity contribution in [3.05, 3.63) is 5.82 Å². The Bertz CT molecular complexity index is 301. The van der Waals surface area contributed by atoms with Gasteiger partial charge in [-0.2, -0.15) is 16.1 Å². The van der Waals surface area contributed by atoms with Crippen LogP contribution in [0.1, 0.15) is 11.9 Å². The molecule has 0 saturated carbocycles. The summed E-state index contributed by atoms with van der Waals surface area (Å²) in [5.41, 5.74) is 0. The van der Waals surface area contributed by atoms with Crippen LogP contribution in [0.25, 0.3) is 0 Å². The molecule has 0 bridgehead atoms. The van der Waals surface area contributed by atoms with E-state index in [-0.39, 0.29) is 0 Å². The molecule has 2 rings (SSSR count). The first kappa shape index (κ1) is 10.2. The van der Waals surface area contributed by atoms with Crippen molar-refractivity contribution in [3.8, 4) is 0 Å². The van der Waals surface area contributed by atoms with Gasteiger partial charge in [0, 0.05) is 36.6 Å². The van der Waals surface area contributed by atoms with Gasteiger partial charge in [0.1, 0.15) is 0 Å². The van der Waals surface area contributed by atoms with E-state index in [9.17, 15) is 0 Å². The SMILES string of the molecule is CNc1nc(C2CSCCN2C)ns1. The molecule has 1 N–H and O–H groups in total. The monoisotopic (exact) mass is 230 g/mol. The lowest BCUT2D eigenvalue weighted by atomic mass is 10.3. The quantitative estimate of drug-likeness (QED) is 0.829. The molecule has 1 unspecified atom stereocenters. The largest absolute Gasteiger partial charge is 0.363 e. The summed E-state index contributed by atoms with van der Waals surface area (Å²) in [5.74, 6) is 3.29. The maximum atomic E-state index is 4.44. The Kier molecular flexibility index (Phi) is 3.25. The zero-order valence-electron chi connectivity index (χ0n) is 8.36. The highest BCUT2D eigenvalue weighted by atomic mass is 32.2. The van der Waals surface area contributed by atoms with Gasteiger partial charge in [-0.25, -0.2) is 4.98 Å². The maximum absolute atomic E-state index is 4.44. The predicted octanol–water partition coefficient (Wildman–Crippen LogP) is 1.30. The number of hydrogen-bond donors (Lipinski definition) is 1. The molecule has 1 saturated heterocycles. The molecule has 0 amide bonds. The van der Waals surface area contributed by atoms with Gasteiger partial charge in [-0.1, -0.05) is 0 Å². The Labute approximate surface area is 92.3 Å². The number of thioether (sulfide) groups is 1. The van der Waals surface area contributed by atoms with Gasteiger partial charge < -0.3 is 5.32 Å². The van der Waals surface area contributed by atoms with Crippen molar-refractivity contribution in [2.75, 3.05) is 37.5 Å². The second kappa shape index (κ2) is 4.46. The van der Waals surface area contributed by atoms with Crippen LogP contribution in [0.4, 0.5) is 5.13 Å². The van der Waals surface area contributed by atoms with E-state index in [1.54, 1.807) is 0 Å². The molecule has 0 radical (unpaired) electrons. The minimum absolute atomic E-state index is 0.395. The molecule has 1 aromatic heterocycles. The molecule has 78 valence electrons. The third-order valence-corrected chi connectivity index (χ3v) is 4.12. The van der Waals surface area contributed by atoms with Crippen molar-refractivity contribution in [3.63, 3.8) is 0 Å². The van der Waals surface area contributed by atoms with E-state index in [4.69, 9.17) is 0 Å². The predicted molar refractivity (Wildman–Crippen MR) is 62.2 cm³/mol. The van der Waals surface area contributed by atoms with Crippen molar-refractivity contribution in [2.45, 2.75) is 6.04 Å². The fourth-order valence-corrected chi connectivity index (χ4v) is 3.21. The minimum atomic E-state index is 0.395. The summed E-state index contributed by atoms with van der Waals surface area (Å²) in [6, 6.07) is 0.395. The van der Waals surface area contributed by atoms with Gasteiger partial charge in [-0.05, 0) is 7.05 Å². The molecule has 14 heavy (non-hydrogen) atoms. The van der Waals surface area contributed by atoms with Crippen LogP contribution in [0.2, 0.25) is 0 Å². The van der Waals surface area contributed by atoms with Crippen LogP contribution in [0.3, 0.4) is 0 Å². The van der Waals surface area contributed by atoms with Crippen LogP contribution in [0, 0.1) is 0 Å². The Balaban J connectivity index is 2.12. The Morgan fingerprint density at radius 1 is 1.57 bits per heavy atom. The van der Waals surface area contributed by atoms with Crippen LogP contribution < -0.4 is 5.32 Å². The fraction of sp³-hybridized carbons (Fsp3) is 0.750. The van der Waals surface area contributed by atoms with E-state index in [1.165, 1.54) is 17.3 Å². The first-order valence-electron chi connectivity index (χ1n) is 4.60. The second-order valence-corrected chi connectivity index (χ2v) is 5.18. The van der Waals surface area contributed by atoms with Gasteiger partial charge in [0.2, 0.25) is 5.13 Å². The summed E-state index contributed by atoms with van der Waals surface area (Å²) in [4.78, 5) is 6.78. The number of nitrogens with one attached hydrogen (secondary N) is 1. The number of anilines is 1. The summed E-state index contributed by atoms with van der Waals surface area (Å²) < 4.78 is 4.37. The van der Waals surface area contributed by atoms with E-state index in [0.717, 1.165) is 23.3 Å². The standard InChI is InChI=1S/C8H14N4S2/c1-9-8-10-7(11-14-8)6-5-13-4-3-12(6)2/h6H,3-5H2,1-2H3,(H,9,10,11). The smallest absolute Gasteiger partial charge is 0.202 e. The maximum Gasteiger partial charge on any atom is 0.202 e. The van der Waals surface area contributed by atoms with Crippen LogP contribution in [0.5, 0.6) is 0 Å². The van der Waals surface area contributed by atoms with E-state index in [2.05, 4.69) is 26.6 Å². The van der Waals surface area contributed by atoms with Gasteiger partial charge in [0.05, 0.1) is 6.04 Å². The third-order valence-electron chi connectivity index (χ3n) is 2.35. The van der Waals surface area contributed by atoms with Crippen LogP contribution in [0.15, 0.2) is 0 Å². The number of hydrogen-bond acceptors (Lipinski definition) is 6. The van der Waals surface area contributed by atoms with E-state index >= 15 is 0 Å². The Morgan fingerprint density at radius 3 is 3.07 bits per heavy atom. The summed E-state index contributed by atoms with van der Waals surface area (Å²) >= 11 is 3.42. The van der Waals surface area contributed by atoms with Gasteiger partial charge in [-0.15, -0.1) is 0 Å². The normalized spacial score (nSPS) is 23.7. The molecule has 1 aliphatic rings. The first-order valence-corrected chi connectivity index (χ1v) is 6.53. The van der Waals surface area contributed by atoms with Crippen molar-refractivity contribution in [1.29, 1.82) is 0 Å². The van der Waals surface area contributed by atoms with E-state index < -0.39 is 0 Å². The molecule has 4 nitrogen and oxygen atoms in total. The summed E-state index contributed by atoms with van der Waals surface area (Å²) in [6.07, 6.45) is 0. The summed E-state index contributed by atoms with van der Waals surface area (Å²) in [5, 5.41) is 3.93. The van der Waals surface area contributed by atoms with Gasteiger partial charge in [0.15, 0.2) is 5.82 Å². The van der Waals surface area contributed by atoms with Gasteiger partial charge >= 0.3 is 0 Å². The van der Waals surface area contributed by atoms with Crippen LogP contribution >= 0.6 is 23.3 Å². The molecule has 1 aromatic rings.